The van der Waals surface area contributed by atoms with E-state index in [0.717, 1.165) is 0 Å². The molecular formula is C11H15N3O4. The van der Waals surface area contributed by atoms with Crippen LogP contribution in [0.15, 0.2) is 17.1 Å². The first-order valence-electron chi connectivity index (χ1n) is 5.91. The van der Waals surface area contributed by atoms with Gasteiger partial charge in [-0.05, 0) is 6.07 Å². The molecule has 1 aromatic heterocycles. The molecule has 1 aromatic rings. The second kappa shape index (κ2) is 4.34. The minimum absolute atomic E-state index is 0.0163. The molecule has 0 unspecified atom stereocenters. The fourth-order valence-corrected chi connectivity index (χ4v) is 2.56. The minimum atomic E-state index is -0.430. The Morgan fingerprint density at radius 3 is 3.17 bits per heavy atom. The van der Waals surface area contributed by atoms with Gasteiger partial charge in [0.05, 0.1) is 25.4 Å². The Balaban J connectivity index is 1.82. The summed E-state index contributed by atoms with van der Waals surface area (Å²) in [6, 6.07) is 1.56. The summed E-state index contributed by atoms with van der Waals surface area (Å²) in [5.41, 5.74) is 5.01. The van der Waals surface area contributed by atoms with Crippen molar-refractivity contribution in [1.82, 2.24) is 9.55 Å². The molecule has 0 radical (unpaired) electrons. The largest absolute Gasteiger partial charge is 0.396 e. The summed E-state index contributed by atoms with van der Waals surface area (Å²) in [6.07, 6.45) is 1.56. The Labute approximate surface area is 103 Å². The molecule has 2 aliphatic rings. The highest BCUT2D eigenvalue weighted by atomic mass is 16.6. The molecule has 98 valence electrons. The highest BCUT2D eigenvalue weighted by Gasteiger charge is 2.46. The summed E-state index contributed by atoms with van der Waals surface area (Å²) < 4.78 is 12.8. The number of ether oxygens (including phenoxy) is 2. The molecule has 0 spiro atoms. The molecular weight excluding hydrogens is 238 g/mol. The lowest BCUT2D eigenvalue weighted by Gasteiger charge is -2.17. The average Bonchev–Trinajstić information content (AvgIpc) is 2.88. The molecule has 3 heterocycles. The van der Waals surface area contributed by atoms with Gasteiger partial charge in [-0.2, -0.15) is 4.98 Å². The van der Waals surface area contributed by atoms with Gasteiger partial charge in [0.2, 0.25) is 0 Å². The van der Waals surface area contributed by atoms with Gasteiger partial charge in [0, 0.05) is 18.5 Å². The highest BCUT2D eigenvalue weighted by Crippen LogP contribution is 2.38. The van der Waals surface area contributed by atoms with E-state index < -0.39 is 11.9 Å². The van der Waals surface area contributed by atoms with Crippen LogP contribution in [0, 0.1) is 5.92 Å². The number of anilines is 1. The van der Waals surface area contributed by atoms with Crippen molar-refractivity contribution in [2.24, 2.45) is 5.92 Å². The number of nitrogens with two attached hydrogens (primary N) is 1. The van der Waals surface area contributed by atoms with Gasteiger partial charge in [0.15, 0.2) is 0 Å². The zero-order chi connectivity index (χ0) is 12.7. The lowest BCUT2D eigenvalue weighted by atomic mass is 10.0. The van der Waals surface area contributed by atoms with E-state index in [9.17, 15) is 9.90 Å². The van der Waals surface area contributed by atoms with Crippen LogP contribution in [0.1, 0.15) is 12.6 Å². The van der Waals surface area contributed by atoms with Crippen LogP contribution in [-0.4, -0.2) is 40.1 Å². The maximum atomic E-state index is 11.7. The number of aliphatic hydroxyl groups excluding tert-OH is 1. The van der Waals surface area contributed by atoms with Crippen LogP contribution in [0.25, 0.3) is 0 Å². The van der Waals surface area contributed by atoms with Gasteiger partial charge in [-0.15, -0.1) is 0 Å². The Morgan fingerprint density at radius 2 is 2.44 bits per heavy atom. The molecule has 3 rings (SSSR count). The van der Waals surface area contributed by atoms with Crippen LogP contribution in [-0.2, 0) is 9.47 Å². The van der Waals surface area contributed by atoms with E-state index in [1.165, 1.54) is 4.57 Å². The van der Waals surface area contributed by atoms with Crippen molar-refractivity contribution < 1.29 is 14.6 Å². The number of nitrogen functional groups attached to an aromatic ring is 1. The van der Waals surface area contributed by atoms with Gasteiger partial charge in [-0.1, -0.05) is 0 Å². The van der Waals surface area contributed by atoms with E-state index in [1.54, 1.807) is 12.3 Å². The molecule has 0 aromatic carbocycles. The number of hydrogen-bond acceptors (Lipinski definition) is 6. The molecule has 2 fully saturated rings. The maximum Gasteiger partial charge on any atom is 0.351 e. The first-order valence-corrected chi connectivity index (χ1v) is 5.91. The van der Waals surface area contributed by atoms with Crippen molar-refractivity contribution in [3.8, 4) is 0 Å². The zero-order valence-electron chi connectivity index (χ0n) is 9.73. The Kier molecular flexibility index (Phi) is 2.81. The third-order valence-electron chi connectivity index (χ3n) is 3.50. The number of rotatable bonds is 2. The van der Waals surface area contributed by atoms with E-state index in [2.05, 4.69) is 4.98 Å². The number of aromatic nitrogens is 2. The van der Waals surface area contributed by atoms with E-state index in [4.69, 9.17) is 15.2 Å². The summed E-state index contributed by atoms with van der Waals surface area (Å²) in [7, 11) is 0. The van der Waals surface area contributed by atoms with Crippen LogP contribution in [0.2, 0.25) is 0 Å². The monoisotopic (exact) mass is 253 g/mol. The van der Waals surface area contributed by atoms with Crippen LogP contribution in [0.3, 0.4) is 0 Å². The molecule has 2 aliphatic heterocycles. The van der Waals surface area contributed by atoms with Crippen molar-refractivity contribution in [2.45, 2.75) is 24.9 Å². The molecule has 2 saturated heterocycles. The van der Waals surface area contributed by atoms with Crippen molar-refractivity contribution in [3.63, 3.8) is 0 Å². The van der Waals surface area contributed by atoms with Crippen molar-refractivity contribution in [2.75, 3.05) is 18.9 Å². The first-order chi connectivity index (χ1) is 8.69. The van der Waals surface area contributed by atoms with E-state index in [0.29, 0.717) is 13.0 Å². The minimum Gasteiger partial charge on any atom is -0.396 e. The highest BCUT2D eigenvalue weighted by molar-refractivity contribution is 5.23. The third kappa shape index (κ3) is 1.80. The van der Waals surface area contributed by atoms with Gasteiger partial charge in [0.25, 0.3) is 0 Å². The topological polar surface area (TPSA) is 99.6 Å². The molecule has 7 nitrogen and oxygen atoms in total. The number of hydrogen-bond donors (Lipinski definition) is 2. The van der Waals surface area contributed by atoms with Gasteiger partial charge in [-0.3, -0.25) is 4.57 Å². The fraction of sp³-hybridized carbons (Fsp3) is 0.636. The van der Waals surface area contributed by atoms with Gasteiger partial charge >= 0.3 is 5.69 Å². The van der Waals surface area contributed by atoms with Crippen LogP contribution in [0.5, 0.6) is 0 Å². The normalized spacial score (nSPS) is 34.7. The second-order valence-corrected chi connectivity index (χ2v) is 4.65. The van der Waals surface area contributed by atoms with E-state index >= 15 is 0 Å². The lowest BCUT2D eigenvalue weighted by Crippen LogP contribution is -2.29. The number of aliphatic hydroxyl groups is 1. The molecule has 0 bridgehead atoms. The average molecular weight is 253 g/mol. The van der Waals surface area contributed by atoms with Crippen LogP contribution in [0.4, 0.5) is 5.82 Å². The molecule has 7 heteroatoms. The number of nitrogens with zero attached hydrogens (tertiary/aromatic N) is 2. The Bertz CT molecular complexity index is 503. The first kappa shape index (κ1) is 11.6. The smallest absolute Gasteiger partial charge is 0.351 e. The van der Waals surface area contributed by atoms with Crippen molar-refractivity contribution in [1.29, 1.82) is 0 Å². The van der Waals surface area contributed by atoms with Crippen molar-refractivity contribution in [3.05, 3.63) is 22.7 Å². The predicted octanol–water partition coefficient (Wildman–Crippen LogP) is -0.880. The zero-order valence-corrected chi connectivity index (χ0v) is 9.73. The lowest BCUT2D eigenvalue weighted by molar-refractivity contribution is -0.0297. The Morgan fingerprint density at radius 1 is 1.61 bits per heavy atom. The fourth-order valence-electron chi connectivity index (χ4n) is 2.56. The van der Waals surface area contributed by atoms with E-state index in [1.807, 2.05) is 0 Å². The Hall–Kier alpha value is -1.44. The van der Waals surface area contributed by atoms with Gasteiger partial charge in [-0.25, -0.2) is 4.79 Å². The summed E-state index contributed by atoms with van der Waals surface area (Å²) in [6.45, 7) is 0.538. The molecule has 0 amide bonds. The second-order valence-electron chi connectivity index (χ2n) is 4.65. The molecule has 0 saturated carbocycles. The van der Waals surface area contributed by atoms with Crippen LogP contribution >= 0.6 is 0 Å². The summed E-state index contributed by atoms with van der Waals surface area (Å²) >= 11 is 0. The quantitative estimate of drug-likeness (QED) is 0.710. The third-order valence-corrected chi connectivity index (χ3v) is 3.50. The maximum absolute atomic E-state index is 11.7. The summed E-state index contributed by atoms with van der Waals surface area (Å²) in [5.74, 6) is 0.177. The molecule has 18 heavy (non-hydrogen) atoms. The van der Waals surface area contributed by atoms with Crippen molar-refractivity contribution >= 4 is 5.82 Å². The predicted molar refractivity (Wildman–Crippen MR) is 61.8 cm³/mol. The summed E-state index contributed by atoms with van der Waals surface area (Å²) in [4.78, 5) is 15.4. The van der Waals surface area contributed by atoms with Gasteiger partial charge in [0.1, 0.15) is 12.0 Å². The summed E-state index contributed by atoms with van der Waals surface area (Å²) in [5, 5.41) is 9.20. The molecule has 3 N–H and O–H groups in total. The van der Waals surface area contributed by atoms with Gasteiger partial charge < -0.3 is 20.3 Å². The molecule has 0 aliphatic carbocycles. The number of fused-ring (bicyclic) bond motifs is 1. The SMILES string of the molecule is Nc1ccn([C@H]2C[C@H]3OC[C@@H](CO)[C@H]3O2)c(=O)n1. The van der Waals surface area contributed by atoms with Crippen LogP contribution < -0.4 is 11.4 Å². The molecule has 4 atom stereocenters. The van der Waals surface area contributed by atoms with E-state index in [-0.39, 0.29) is 30.6 Å². The standard InChI is InChI=1S/C11H15N3O4/c12-8-1-2-14(11(16)13-8)9-3-7-10(18-9)6(4-15)5-17-7/h1-2,6-7,9-10,15H,3-5H2,(H2,12,13,16)/t6-,7-,9-,10-/m1/s1.